The highest BCUT2D eigenvalue weighted by Gasteiger charge is 2.79. The maximum absolute atomic E-state index is 16.7. The summed E-state index contributed by atoms with van der Waals surface area (Å²) in [5, 5.41) is 17.4. The summed E-state index contributed by atoms with van der Waals surface area (Å²) in [5.41, 5.74) is -5.82. The molecule has 0 spiro atoms. The zero-order chi connectivity index (χ0) is 58.7. The largest absolute Gasteiger partial charge is 0.456 e. The van der Waals surface area contributed by atoms with Crippen LogP contribution in [0.1, 0.15) is 153 Å². The first-order valence-corrected chi connectivity index (χ1v) is 32.7. The van der Waals surface area contributed by atoms with E-state index in [-0.39, 0.29) is 47.4 Å². The number of ether oxygens (including phenoxy) is 6. The molecule has 16 nitrogen and oxygen atoms in total. The predicted molar refractivity (Wildman–Crippen MR) is 303 cm³/mol. The summed E-state index contributed by atoms with van der Waals surface area (Å²) in [6.07, 6.45) is -4.21. The lowest BCUT2D eigenvalue weighted by Crippen LogP contribution is -2.82. The molecule has 2 N–H and O–H groups in total. The number of benzene rings is 1. The number of esters is 4. The summed E-state index contributed by atoms with van der Waals surface area (Å²) in [4.78, 5) is 88.5. The molecule has 11 atom stereocenters. The van der Waals surface area contributed by atoms with Gasteiger partial charge in [0.2, 0.25) is 8.32 Å². The Bertz CT molecular complexity index is 2460. The summed E-state index contributed by atoms with van der Waals surface area (Å²) in [7, 11) is -5.70. The van der Waals surface area contributed by atoms with E-state index in [4.69, 9.17) is 37.3 Å². The highest BCUT2D eigenvalue weighted by Crippen LogP contribution is 2.65. The van der Waals surface area contributed by atoms with Gasteiger partial charge in [0.25, 0.3) is 0 Å². The third-order valence-corrected chi connectivity index (χ3v) is 28.8. The van der Waals surface area contributed by atoms with Crippen LogP contribution in [0.25, 0.3) is 6.08 Å². The lowest BCUT2D eigenvalue weighted by molar-refractivity contribution is -0.344. The third kappa shape index (κ3) is 11.9. The summed E-state index contributed by atoms with van der Waals surface area (Å²) in [6.45, 7) is 38.7. The number of carbonyl (C=O) groups excluding carboxylic acids is 6. The van der Waals surface area contributed by atoms with E-state index in [9.17, 15) is 19.5 Å². The van der Waals surface area contributed by atoms with Gasteiger partial charge in [-0.15, -0.1) is 6.58 Å². The van der Waals surface area contributed by atoms with Crippen LogP contribution in [0.3, 0.4) is 0 Å². The average Bonchev–Trinajstić information content (AvgIpc) is 3.38. The van der Waals surface area contributed by atoms with Crippen molar-refractivity contribution in [2.24, 2.45) is 16.7 Å². The molecule has 0 unspecified atom stereocenters. The lowest BCUT2D eigenvalue weighted by atomic mass is 9.44. The Labute approximate surface area is 466 Å². The number of ketones is 1. The number of nitrogens with one attached hydrogen (secondary N) is 1. The van der Waals surface area contributed by atoms with E-state index in [1.54, 1.807) is 70.2 Å². The highest BCUT2D eigenvalue weighted by atomic mass is 28.4. The standard InChI is InChI=1S/C60H91NO15Si2/c1-20-25-29-69-56(67)61-44(30-35(6)7)49(76-78(36(8)9,37(10)11)38(12)13)55(66)72-45-33-60(68)53(73-54(65)43-28-26-27-42(21-2)31-43)51-58(19,52(64)50(71-40(15)62)48(39(45)14)57(60,17)18)46(75-77(22-3,23-4)24-5)32-47-59(51,34-70-47)74-41(16)63/h20-21,26-28,30-31,36-38,44-47,49-51,53,68H,1-2,22-25,29,32-34H2,3-19H3,(H,61,67)/t44-,45-,46-,47+,49+,50+,51-,53-,58+,59-,60+/m0/s1. The van der Waals surface area contributed by atoms with Crippen LogP contribution in [0.15, 0.2) is 66.3 Å². The maximum Gasteiger partial charge on any atom is 0.407 e. The van der Waals surface area contributed by atoms with Crippen LogP contribution in [0.2, 0.25) is 34.8 Å². The van der Waals surface area contributed by atoms with Gasteiger partial charge in [-0.25, -0.2) is 14.4 Å². The van der Waals surface area contributed by atoms with Crippen LogP contribution in [0, 0.1) is 16.7 Å². The molecule has 2 saturated carbocycles. The van der Waals surface area contributed by atoms with E-state index in [0.717, 1.165) is 5.57 Å². The molecule has 1 saturated heterocycles. The van der Waals surface area contributed by atoms with Crippen molar-refractivity contribution in [1.29, 1.82) is 0 Å². The molecular formula is C60H91NO15Si2. The van der Waals surface area contributed by atoms with Crippen molar-refractivity contribution in [2.75, 3.05) is 13.2 Å². The third-order valence-electron chi connectivity index (χ3n) is 18.0. The molecule has 1 amide bonds. The number of amides is 1. The van der Waals surface area contributed by atoms with E-state index in [0.29, 0.717) is 35.7 Å². The Morgan fingerprint density at radius 3 is 2.01 bits per heavy atom. The highest BCUT2D eigenvalue weighted by molar-refractivity contribution is 6.77. The van der Waals surface area contributed by atoms with Crippen LogP contribution in [-0.2, 0) is 56.5 Å². The quantitative estimate of drug-likeness (QED) is 0.0343. The minimum absolute atomic E-state index is 0.0313. The fraction of sp³-hybridized carbons (Fsp3) is 0.667. The number of hydrogen-bond acceptors (Lipinski definition) is 15. The molecule has 2 bridgehead atoms. The Hall–Kier alpha value is -4.73. The van der Waals surface area contributed by atoms with Crippen LogP contribution < -0.4 is 5.32 Å². The molecule has 1 aromatic carbocycles. The van der Waals surface area contributed by atoms with Crippen LogP contribution >= 0.6 is 0 Å². The van der Waals surface area contributed by atoms with E-state index < -0.39 is 129 Å². The normalized spacial score (nSPS) is 28.3. The topological polar surface area (TPSA) is 209 Å². The van der Waals surface area contributed by atoms with E-state index in [1.165, 1.54) is 13.8 Å². The number of allylic oxidation sites excluding steroid dienone is 1. The van der Waals surface area contributed by atoms with Gasteiger partial charge in [0.05, 0.1) is 42.3 Å². The van der Waals surface area contributed by atoms with E-state index in [1.807, 2.05) is 13.8 Å². The maximum atomic E-state index is 16.7. The van der Waals surface area contributed by atoms with Gasteiger partial charge >= 0.3 is 30.0 Å². The zero-order valence-corrected chi connectivity index (χ0v) is 51.6. The number of Topliss-reactive ketones (excluding diaryl/α,β-unsaturated/α-hetero) is 1. The second kappa shape index (κ2) is 25.0. The molecule has 78 heavy (non-hydrogen) atoms. The Morgan fingerprint density at radius 1 is 0.897 bits per heavy atom. The van der Waals surface area contributed by atoms with Crippen LogP contribution in [-0.4, -0.2) is 125 Å². The molecule has 1 heterocycles. The molecule has 1 aromatic rings. The molecule has 0 radical (unpaired) electrons. The van der Waals surface area contributed by atoms with Gasteiger partial charge in [-0.2, -0.15) is 0 Å². The predicted octanol–water partition coefficient (Wildman–Crippen LogP) is 11.1. The molecule has 4 aliphatic rings. The Morgan fingerprint density at radius 2 is 1.51 bits per heavy atom. The molecule has 434 valence electrons. The number of aliphatic hydroxyl groups is 1. The van der Waals surface area contributed by atoms with Crippen LogP contribution in [0.4, 0.5) is 4.79 Å². The first-order valence-electron chi connectivity index (χ1n) is 28.0. The minimum Gasteiger partial charge on any atom is -0.456 e. The van der Waals surface area contributed by atoms with Gasteiger partial charge in [0.1, 0.15) is 23.9 Å². The van der Waals surface area contributed by atoms with Crippen molar-refractivity contribution in [2.45, 2.75) is 226 Å². The fourth-order valence-corrected chi connectivity index (χ4v) is 22.2. The van der Waals surface area contributed by atoms with Gasteiger partial charge in [-0.3, -0.25) is 14.4 Å². The smallest absolute Gasteiger partial charge is 0.407 e. The van der Waals surface area contributed by atoms with E-state index >= 15 is 14.4 Å². The molecule has 3 aliphatic carbocycles. The minimum atomic E-state index is -3.03. The zero-order valence-electron chi connectivity index (χ0n) is 49.6. The fourth-order valence-electron chi connectivity index (χ4n) is 13.8. The summed E-state index contributed by atoms with van der Waals surface area (Å²) < 4.78 is 52.9. The number of fused-ring (bicyclic) bond motifs is 5. The second-order valence-electron chi connectivity index (χ2n) is 24.0. The molecule has 5 rings (SSSR count). The van der Waals surface area contributed by atoms with Gasteiger partial charge in [-0.1, -0.05) is 119 Å². The second-order valence-corrected chi connectivity index (χ2v) is 34.1. The number of carbonyl (C=O) groups is 6. The van der Waals surface area contributed by atoms with Crippen molar-refractivity contribution in [1.82, 2.24) is 5.32 Å². The summed E-state index contributed by atoms with van der Waals surface area (Å²) in [5.74, 6) is -5.39. The van der Waals surface area contributed by atoms with Gasteiger partial charge in [-0.05, 0) is 97.7 Å². The van der Waals surface area contributed by atoms with Crippen molar-refractivity contribution in [3.63, 3.8) is 0 Å². The molecular weight excluding hydrogens is 1030 g/mol. The molecule has 0 aromatic heterocycles. The monoisotopic (exact) mass is 1120 g/mol. The number of rotatable bonds is 23. The lowest BCUT2D eigenvalue weighted by Gasteiger charge is -2.68. The SMILES string of the molecule is C=CCCOC(=O)N[C@@H](C=C(C)C)[C@@H](O[Si](C(C)C)(C(C)C)C(C)C)C(=O)O[C@H]1C[C@@]2(O)[C@@H](OC(=O)c3cccc(C=C)c3)[C@@H]3[C@]4(OC(C)=O)CO[C@@H]4C[C@H](O[Si](CC)(CC)CC)[C@@]3(C)C(=O)[C@H](OC(C)=O)C(=C1C)C2(C)C. The Kier molecular flexibility index (Phi) is 20.5. The number of hydrogen-bond donors (Lipinski definition) is 2. The first kappa shape index (κ1) is 64.1. The first-order chi connectivity index (χ1) is 36.4. The van der Waals surface area contributed by atoms with Crippen molar-refractivity contribution < 1.29 is 71.1 Å². The van der Waals surface area contributed by atoms with Crippen molar-refractivity contribution >= 4 is 58.5 Å². The van der Waals surface area contributed by atoms with Gasteiger partial charge in [0.15, 0.2) is 31.9 Å². The van der Waals surface area contributed by atoms with E-state index in [2.05, 4.69) is 80.8 Å². The van der Waals surface area contributed by atoms with Gasteiger partial charge < -0.3 is 47.7 Å². The summed E-state index contributed by atoms with van der Waals surface area (Å²) in [6, 6.07) is 7.50. The molecule has 18 heteroatoms. The van der Waals surface area contributed by atoms with Crippen molar-refractivity contribution in [3.05, 3.63) is 77.4 Å². The van der Waals surface area contributed by atoms with Crippen LogP contribution in [0.5, 0.6) is 0 Å². The average molecular weight is 1120 g/mol. The summed E-state index contributed by atoms with van der Waals surface area (Å²) >= 11 is 0. The Balaban J connectivity index is 1.90. The number of alkyl carbamates (subject to hydrolysis) is 1. The van der Waals surface area contributed by atoms with Gasteiger partial charge in [0, 0.05) is 32.1 Å². The molecule has 1 aliphatic heterocycles. The molecule has 3 fully saturated rings. The van der Waals surface area contributed by atoms with Crippen molar-refractivity contribution in [3.8, 4) is 0 Å².